The summed E-state index contributed by atoms with van der Waals surface area (Å²) < 4.78 is 54.4. The van der Waals surface area contributed by atoms with Crippen molar-refractivity contribution in [1.82, 2.24) is 9.97 Å². The molecule has 0 bridgehead atoms. The van der Waals surface area contributed by atoms with E-state index in [0.717, 1.165) is 67.7 Å². The molecule has 3 heterocycles. The molecular formula is C32H45F3N2O2Si-. The second-order valence-electron chi connectivity index (χ2n) is 14.9. The van der Waals surface area contributed by atoms with Crippen LogP contribution in [0.2, 0.25) is 18.1 Å². The average molecular weight is 575 g/mol. The maximum atomic E-state index is 13.4. The van der Waals surface area contributed by atoms with Crippen LogP contribution in [0, 0.1) is 5.41 Å². The highest BCUT2D eigenvalue weighted by Gasteiger charge is 2.53. The summed E-state index contributed by atoms with van der Waals surface area (Å²) in [5.41, 5.74) is 4.83. The third kappa shape index (κ3) is 5.06. The molecule has 5 rings (SSSR count). The number of alkyl halides is 3. The van der Waals surface area contributed by atoms with Crippen molar-refractivity contribution in [2.45, 2.75) is 135 Å². The summed E-state index contributed by atoms with van der Waals surface area (Å²) in [6.07, 6.45) is 1.52. The molecule has 1 spiro atoms. The SMILES string of the molecule is CC(C)c1nc2c(c3c1C(c1ccc(C(F)(F)F)cn1)OC31CCCC1)C(O[Si-](C)(C)C(C)(C)C)CC(C)(C)C2. The molecule has 0 radical (unpaired) electrons. The van der Waals surface area contributed by atoms with Gasteiger partial charge in [0.15, 0.2) is 0 Å². The Kier molecular flexibility index (Phi) is 7.15. The van der Waals surface area contributed by atoms with Gasteiger partial charge in [0.25, 0.3) is 0 Å². The highest BCUT2D eigenvalue weighted by molar-refractivity contribution is 6.74. The molecule has 2 atom stereocenters. The van der Waals surface area contributed by atoms with Crippen LogP contribution in [0.1, 0.15) is 138 Å². The Morgan fingerprint density at radius 1 is 1.05 bits per heavy atom. The van der Waals surface area contributed by atoms with Gasteiger partial charge in [-0.15, -0.1) is 18.1 Å². The highest BCUT2D eigenvalue weighted by atomic mass is 28.4. The number of aromatic nitrogens is 2. The number of rotatable bonds is 4. The van der Waals surface area contributed by atoms with Gasteiger partial charge in [-0.25, -0.2) is 0 Å². The van der Waals surface area contributed by atoms with E-state index in [4.69, 9.17) is 14.1 Å². The monoisotopic (exact) mass is 574 g/mol. The van der Waals surface area contributed by atoms with Crippen LogP contribution in [0.3, 0.4) is 0 Å². The van der Waals surface area contributed by atoms with Gasteiger partial charge in [0.05, 0.1) is 16.9 Å². The van der Waals surface area contributed by atoms with Crippen molar-refractivity contribution in [2.75, 3.05) is 0 Å². The molecule has 1 fully saturated rings. The summed E-state index contributed by atoms with van der Waals surface area (Å²) >= 11 is 0. The minimum Gasteiger partial charge on any atom is -0.559 e. The van der Waals surface area contributed by atoms with Crippen molar-refractivity contribution < 1.29 is 22.3 Å². The Morgan fingerprint density at radius 2 is 1.70 bits per heavy atom. The zero-order valence-electron chi connectivity index (χ0n) is 25.6. The first-order valence-electron chi connectivity index (χ1n) is 14.8. The van der Waals surface area contributed by atoms with Gasteiger partial charge in [0.2, 0.25) is 0 Å². The maximum absolute atomic E-state index is 13.4. The minimum atomic E-state index is -4.43. The summed E-state index contributed by atoms with van der Waals surface area (Å²) in [6.45, 7) is 20.3. The largest absolute Gasteiger partial charge is 0.559 e. The Bertz CT molecular complexity index is 1270. The molecule has 8 heteroatoms. The third-order valence-corrected chi connectivity index (χ3v) is 14.2. The van der Waals surface area contributed by atoms with Crippen molar-refractivity contribution in [3.63, 3.8) is 0 Å². The van der Waals surface area contributed by atoms with Crippen LogP contribution in [0.5, 0.6) is 0 Å². The van der Waals surface area contributed by atoms with Crippen molar-refractivity contribution in [3.8, 4) is 0 Å². The molecule has 2 aromatic heterocycles. The van der Waals surface area contributed by atoms with Gasteiger partial charge in [-0.2, -0.15) is 13.2 Å². The molecule has 4 nitrogen and oxygen atoms in total. The average Bonchev–Trinajstić information content (AvgIpc) is 3.41. The van der Waals surface area contributed by atoms with Crippen molar-refractivity contribution in [2.24, 2.45) is 5.41 Å². The first-order chi connectivity index (χ1) is 18.4. The lowest BCUT2D eigenvalue weighted by atomic mass is 9.70. The Hall–Kier alpha value is -1.77. The van der Waals surface area contributed by atoms with Crippen molar-refractivity contribution in [1.29, 1.82) is 0 Å². The zero-order valence-corrected chi connectivity index (χ0v) is 26.6. The van der Waals surface area contributed by atoms with Crippen LogP contribution in [-0.4, -0.2) is 18.3 Å². The van der Waals surface area contributed by atoms with Gasteiger partial charge in [-0.3, -0.25) is 9.97 Å². The quantitative estimate of drug-likeness (QED) is 0.341. The smallest absolute Gasteiger partial charge is 0.417 e. The van der Waals surface area contributed by atoms with Crippen LogP contribution in [0.4, 0.5) is 13.2 Å². The molecule has 1 aliphatic heterocycles. The number of ether oxygens (including phenoxy) is 1. The van der Waals surface area contributed by atoms with Gasteiger partial charge in [-0.05, 0) is 63.0 Å². The van der Waals surface area contributed by atoms with Gasteiger partial charge in [0.1, 0.15) is 6.10 Å². The van der Waals surface area contributed by atoms with Crippen LogP contribution in [-0.2, 0) is 27.4 Å². The van der Waals surface area contributed by atoms with Crippen LogP contribution in [0.15, 0.2) is 18.3 Å². The van der Waals surface area contributed by atoms with Gasteiger partial charge >= 0.3 is 6.18 Å². The molecule has 0 amide bonds. The molecule has 2 unspecified atom stereocenters. The van der Waals surface area contributed by atoms with E-state index in [1.807, 2.05) is 0 Å². The Labute approximate surface area is 238 Å². The molecular weight excluding hydrogens is 529 g/mol. The van der Waals surface area contributed by atoms with Crippen LogP contribution in [0.25, 0.3) is 0 Å². The minimum absolute atomic E-state index is 0.0339. The second kappa shape index (κ2) is 9.63. The molecule has 40 heavy (non-hydrogen) atoms. The predicted molar refractivity (Wildman–Crippen MR) is 154 cm³/mol. The zero-order chi connectivity index (χ0) is 29.5. The highest BCUT2D eigenvalue weighted by Crippen LogP contribution is 2.60. The molecule has 0 saturated heterocycles. The van der Waals surface area contributed by atoms with E-state index in [1.165, 1.54) is 17.2 Å². The fourth-order valence-electron chi connectivity index (χ4n) is 6.72. The number of fused-ring (bicyclic) bond motifs is 4. The molecule has 2 aliphatic carbocycles. The van der Waals surface area contributed by atoms with Crippen molar-refractivity contribution in [3.05, 3.63) is 57.7 Å². The molecule has 1 saturated carbocycles. The van der Waals surface area contributed by atoms with Gasteiger partial charge in [0, 0.05) is 34.8 Å². The standard InChI is InChI=1S/C32H45F3N2O2Si/c1-19(2)27-25-26(24-22(37-27)16-30(6,7)17-23(24)39-40(8,9)29(3,4)5)31(14-10-11-15-31)38-28(25)21-13-12-20(18-36-21)32(33,34)35/h12-13,18-19,23,28H,10-11,14-17H2,1-9H3/q-1. The lowest BCUT2D eigenvalue weighted by molar-refractivity contribution is -0.137. The van der Waals surface area contributed by atoms with E-state index in [-0.39, 0.29) is 22.5 Å². The van der Waals surface area contributed by atoms with Crippen molar-refractivity contribution >= 4 is 8.32 Å². The van der Waals surface area contributed by atoms with E-state index in [9.17, 15) is 13.2 Å². The first kappa shape index (κ1) is 29.7. The summed E-state index contributed by atoms with van der Waals surface area (Å²) in [5.74, 6) is 0.126. The molecule has 3 aliphatic rings. The number of nitrogens with zero attached hydrogens (tertiary/aromatic N) is 2. The Balaban J connectivity index is 1.75. The van der Waals surface area contributed by atoms with E-state index < -0.39 is 31.8 Å². The predicted octanol–water partition coefficient (Wildman–Crippen LogP) is 9.54. The molecule has 2 aromatic rings. The lowest BCUT2D eigenvalue weighted by Gasteiger charge is -2.53. The molecule has 221 valence electrons. The van der Waals surface area contributed by atoms with Crippen LogP contribution >= 0.6 is 0 Å². The summed E-state index contributed by atoms with van der Waals surface area (Å²) in [6, 6.07) is 2.61. The second-order valence-corrected chi connectivity index (χ2v) is 19.6. The summed E-state index contributed by atoms with van der Waals surface area (Å²) in [4.78, 5) is 9.69. The fourth-order valence-corrected chi connectivity index (χ4v) is 7.98. The maximum Gasteiger partial charge on any atom is 0.417 e. The molecule has 0 N–H and O–H groups in total. The fraction of sp³-hybridized carbons (Fsp3) is 0.688. The summed E-state index contributed by atoms with van der Waals surface area (Å²) in [7, 11) is -2.14. The molecule has 0 aromatic carbocycles. The number of hydrogen-bond donors (Lipinski definition) is 0. The normalized spacial score (nSPS) is 24.0. The van der Waals surface area contributed by atoms with E-state index >= 15 is 0 Å². The van der Waals surface area contributed by atoms with Crippen LogP contribution < -0.4 is 0 Å². The number of hydrogen-bond acceptors (Lipinski definition) is 4. The van der Waals surface area contributed by atoms with Gasteiger partial charge in [-0.1, -0.05) is 61.3 Å². The number of halogens is 3. The summed E-state index contributed by atoms with van der Waals surface area (Å²) in [5, 5.41) is 0.0530. The first-order valence-corrected chi connectivity index (χ1v) is 17.7. The van der Waals surface area contributed by atoms with E-state index in [0.29, 0.717) is 5.69 Å². The lowest BCUT2D eigenvalue weighted by Crippen LogP contribution is -2.44. The van der Waals surface area contributed by atoms with E-state index in [1.54, 1.807) is 0 Å². The number of pyridine rings is 2. The third-order valence-electron chi connectivity index (χ3n) is 9.73. The van der Waals surface area contributed by atoms with E-state index in [2.05, 4.69) is 66.5 Å². The Morgan fingerprint density at radius 3 is 2.23 bits per heavy atom. The van der Waals surface area contributed by atoms with Gasteiger partial charge < -0.3 is 9.16 Å². The topological polar surface area (TPSA) is 44.2 Å².